The highest BCUT2D eigenvalue weighted by molar-refractivity contribution is 6.04. The second-order valence-electron chi connectivity index (χ2n) is 13.4. The number of fused-ring (bicyclic) bond motifs is 2. The molecule has 7 rings (SSSR count). The number of ketones is 1. The highest BCUT2D eigenvalue weighted by Gasteiger charge is 2.79. The molecular formula is C36H36F2O7. The van der Waals surface area contributed by atoms with Crippen molar-refractivity contribution in [3.63, 3.8) is 0 Å². The molecule has 2 aliphatic heterocycles. The van der Waals surface area contributed by atoms with Gasteiger partial charge in [-0.3, -0.25) is 9.59 Å². The largest absolute Gasteiger partial charge is 0.461 e. The molecule has 3 aliphatic carbocycles. The lowest BCUT2D eigenvalue weighted by atomic mass is 9.55. The quantitative estimate of drug-likeness (QED) is 0.332. The Labute approximate surface area is 260 Å². The Morgan fingerprint density at radius 1 is 1.09 bits per heavy atom. The molecule has 1 N–H and O–H groups in total. The van der Waals surface area contributed by atoms with Crippen molar-refractivity contribution in [3.8, 4) is 0 Å². The van der Waals surface area contributed by atoms with E-state index in [-0.39, 0.29) is 37.4 Å². The van der Waals surface area contributed by atoms with Gasteiger partial charge in [-0.25, -0.2) is 8.78 Å². The highest BCUT2D eigenvalue weighted by atomic mass is 19.1. The lowest BCUT2D eigenvalue weighted by molar-refractivity contribution is -0.421. The summed E-state index contributed by atoms with van der Waals surface area (Å²) in [7, 11) is 0. The number of esters is 1. The number of aliphatic hydroxyl groups is 1. The second-order valence-corrected chi connectivity index (χ2v) is 13.4. The van der Waals surface area contributed by atoms with Crippen molar-refractivity contribution in [1.29, 1.82) is 0 Å². The van der Waals surface area contributed by atoms with Gasteiger partial charge in [-0.2, -0.15) is 0 Å². The average molecular weight is 619 g/mol. The minimum absolute atomic E-state index is 0.0835. The number of rotatable bonds is 7. The van der Waals surface area contributed by atoms with Gasteiger partial charge >= 0.3 is 5.97 Å². The van der Waals surface area contributed by atoms with Crippen molar-refractivity contribution >= 4 is 11.8 Å². The van der Waals surface area contributed by atoms with Crippen molar-refractivity contribution in [2.24, 2.45) is 17.8 Å². The van der Waals surface area contributed by atoms with Gasteiger partial charge < -0.3 is 24.1 Å². The predicted octanol–water partition coefficient (Wildman–Crippen LogP) is 5.31. The van der Waals surface area contributed by atoms with Gasteiger partial charge in [0.1, 0.15) is 35.5 Å². The second kappa shape index (κ2) is 10.3. The normalized spacial score (nSPS) is 37.8. The van der Waals surface area contributed by atoms with E-state index in [0.717, 1.165) is 29.3 Å². The molecular weight excluding hydrogens is 582 g/mol. The van der Waals surface area contributed by atoms with E-state index in [1.165, 1.54) is 0 Å². The molecule has 9 heteroatoms. The lowest BCUT2D eigenvalue weighted by Gasteiger charge is -2.59. The molecule has 2 aromatic carbocycles. The molecule has 3 fully saturated rings. The molecule has 0 aromatic heterocycles. The maximum atomic E-state index is 13.7. The van der Waals surface area contributed by atoms with E-state index in [4.69, 9.17) is 18.9 Å². The molecule has 0 amide bonds. The van der Waals surface area contributed by atoms with E-state index in [1.807, 2.05) is 49.4 Å². The molecule has 236 valence electrons. The summed E-state index contributed by atoms with van der Waals surface area (Å²) in [5.74, 6) is -5.60. The summed E-state index contributed by atoms with van der Waals surface area (Å²) >= 11 is 0. The van der Waals surface area contributed by atoms with Crippen LogP contribution in [-0.4, -0.2) is 52.3 Å². The SMILES string of the molecule is C=C(C)[C@@]12C[C@@H](C)[C@@]34OC(Cc5ccccc5)(O[C@@H]1[C@@H]3C=C(COC(=O)Cc1cc(F)cc(F)c1)C[C@]1(O)C(=O)C(C)=C[C@@H]41)O2. The number of halogens is 2. The third-order valence-electron chi connectivity index (χ3n) is 10.4. The monoisotopic (exact) mass is 618 g/mol. The van der Waals surface area contributed by atoms with Crippen LogP contribution in [0.1, 0.15) is 44.7 Å². The first kappa shape index (κ1) is 30.2. The van der Waals surface area contributed by atoms with Gasteiger partial charge in [0.15, 0.2) is 5.78 Å². The molecule has 1 unspecified atom stereocenters. The van der Waals surface area contributed by atoms with Gasteiger partial charge in [-0.05, 0) is 66.2 Å². The molecule has 0 radical (unpaired) electrons. The molecule has 45 heavy (non-hydrogen) atoms. The van der Waals surface area contributed by atoms with Crippen LogP contribution in [0.5, 0.6) is 0 Å². The smallest absolute Gasteiger partial charge is 0.310 e. The lowest BCUT2D eigenvalue weighted by Crippen LogP contribution is -2.70. The Kier molecular flexibility index (Phi) is 6.87. The maximum absolute atomic E-state index is 13.7. The van der Waals surface area contributed by atoms with Crippen molar-refractivity contribution < 1.29 is 42.4 Å². The number of carbonyl (C=O) groups is 2. The van der Waals surface area contributed by atoms with E-state index in [2.05, 4.69) is 13.5 Å². The minimum Gasteiger partial charge on any atom is -0.461 e. The molecule has 2 aromatic rings. The summed E-state index contributed by atoms with van der Waals surface area (Å²) in [5, 5.41) is 12.3. The summed E-state index contributed by atoms with van der Waals surface area (Å²) in [6, 6.07) is 12.6. The predicted molar refractivity (Wildman–Crippen MR) is 158 cm³/mol. The molecule has 7 nitrogen and oxygen atoms in total. The van der Waals surface area contributed by atoms with Gasteiger partial charge in [-0.1, -0.05) is 56.0 Å². The number of carbonyl (C=O) groups excluding carboxylic acids is 2. The fourth-order valence-electron chi connectivity index (χ4n) is 8.59. The van der Waals surface area contributed by atoms with Gasteiger partial charge in [0.25, 0.3) is 5.97 Å². The first-order valence-electron chi connectivity index (χ1n) is 15.3. The number of Topliss-reactive ketones (excluding diaryl/α,β-unsaturated/α-hetero) is 1. The zero-order chi connectivity index (χ0) is 31.9. The first-order valence-corrected chi connectivity index (χ1v) is 15.3. The van der Waals surface area contributed by atoms with Gasteiger partial charge in [-0.15, -0.1) is 0 Å². The molecule has 2 saturated heterocycles. The summed E-state index contributed by atoms with van der Waals surface area (Å²) in [6.07, 6.45) is 3.55. The van der Waals surface area contributed by atoms with Crippen LogP contribution < -0.4 is 0 Å². The Bertz CT molecular complexity index is 1650. The van der Waals surface area contributed by atoms with Crippen LogP contribution >= 0.6 is 0 Å². The zero-order valence-electron chi connectivity index (χ0n) is 25.5. The van der Waals surface area contributed by atoms with Crippen LogP contribution in [0.4, 0.5) is 8.78 Å². The van der Waals surface area contributed by atoms with Crippen LogP contribution in [0.2, 0.25) is 0 Å². The van der Waals surface area contributed by atoms with Gasteiger partial charge in [0.05, 0.1) is 18.4 Å². The number of ether oxygens (including phenoxy) is 4. The number of hydrogen-bond acceptors (Lipinski definition) is 7. The van der Waals surface area contributed by atoms with Gasteiger partial charge in [0.2, 0.25) is 0 Å². The van der Waals surface area contributed by atoms with Crippen LogP contribution in [0, 0.1) is 29.4 Å². The standard InChI is InChI=1S/C36H36F2O7/c1-20(2)34-16-22(4)36-28(32(34)43-35(44-34,45-36)18-23-8-6-5-7-9-23)13-25(17-33(41)29(36)10-21(3)31(33)40)19-42-30(39)14-24-11-26(37)15-27(38)12-24/h5-13,15,22,28-29,32,41H,1,14,16-19H2,2-4H3/t22-,28+,29-,32-,33-,34+,35?,36-/m1/s1. The Hall–Kier alpha value is -3.50. The average Bonchev–Trinajstić information content (AvgIpc) is 3.27. The fourth-order valence-corrected chi connectivity index (χ4v) is 8.59. The Morgan fingerprint density at radius 2 is 1.80 bits per heavy atom. The molecule has 0 spiro atoms. The van der Waals surface area contributed by atoms with Crippen molar-refractivity contribution in [1.82, 2.24) is 0 Å². The molecule has 2 heterocycles. The molecule has 5 aliphatic rings. The topological polar surface area (TPSA) is 91.3 Å². The van der Waals surface area contributed by atoms with Crippen molar-refractivity contribution in [3.05, 3.63) is 107 Å². The summed E-state index contributed by atoms with van der Waals surface area (Å²) in [5.41, 5.74) is -1.04. The number of hydrogen-bond donors (Lipinski definition) is 1. The molecule has 1 saturated carbocycles. The van der Waals surface area contributed by atoms with Crippen molar-refractivity contribution in [2.45, 2.75) is 75.3 Å². The van der Waals surface area contributed by atoms with Crippen LogP contribution in [0.25, 0.3) is 0 Å². The molecule has 3 bridgehead atoms. The minimum atomic E-state index is -1.86. The highest BCUT2D eigenvalue weighted by Crippen LogP contribution is 2.68. The summed E-state index contributed by atoms with van der Waals surface area (Å²) < 4.78 is 53.7. The van der Waals surface area contributed by atoms with Crippen LogP contribution in [-0.2, 0) is 41.4 Å². The molecule has 8 atom stereocenters. The van der Waals surface area contributed by atoms with Gasteiger partial charge in [0, 0.05) is 24.3 Å². The van der Waals surface area contributed by atoms with Crippen LogP contribution in [0.3, 0.4) is 0 Å². The first-order chi connectivity index (χ1) is 21.3. The number of benzene rings is 2. The van der Waals surface area contributed by atoms with E-state index in [1.54, 1.807) is 6.92 Å². The fraction of sp³-hybridized carbons (Fsp3) is 0.444. The third-order valence-corrected chi connectivity index (χ3v) is 10.4. The third kappa shape index (κ3) is 4.50. The summed E-state index contributed by atoms with van der Waals surface area (Å²) in [6.45, 7) is 9.74. The van der Waals surface area contributed by atoms with E-state index >= 15 is 0 Å². The van der Waals surface area contributed by atoms with Crippen molar-refractivity contribution in [2.75, 3.05) is 6.61 Å². The maximum Gasteiger partial charge on any atom is 0.310 e. The zero-order valence-corrected chi connectivity index (χ0v) is 25.5. The Balaban J connectivity index is 1.28. The van der Waals surface area contributed by atoms with E-state index in [9.17, 15) is 23.5 Å². The van der Waals surface area contributed by atoms with E-state index in [0.29, 0.717) is 17.6 Å². The van der Waals surface area contributed by atoms with E-state index < -0.39 is 64.1 Å². The van der Waals surface area contributed by atoms with Crippen LogP contribution in [0.15, 0.2) is 84.0 Å². The Morgan fingerprint density at radius 3 is 2.49 bits per heavy atom. The summed E-state index contributed by atoms with van der Waals surface area (Å²) in [4.78, 5) is 26.5.